The fourth-order valence-electron chi connectivity index (χ4n) is 3.41. The van der Waals surface area contributed by atoms with Crippen LogP contribution in [0.15, 0.2) is 29.4 Å². The van der Waals surface area contributed by atoms with Crippen LogP contribution in [0.5, 0.6) is 5.75 Å². The van der Waals surface area contributed by atoms with Crippen molar-refractivity contribution in [2.75, 3.05) is 26.7 Å². The second kappa shape index (κ2) is 6.78. The lowest BCUT2D eigenvalue weighted by Crippen LogP contribution is -2.49. The third-order valence-electron chi connectivity index (χ3n) is 4.52. The van der Waals surface area contributed by atoms with Gasteiger partial charge in [0.05, 0.1) is 13.2 Å². The number of benzene rings is 1. The van der Waals surface area contributed by atoms with Crippen LogP contribution in [0.4, 0.5) is 0 Å². The van der Waals surface area contributed by atoms with Gasteiger partial charge in [0, 0.05) is 39.1 Å². The molecule has 1 aromatic carbocycles. The van der Waals surface area contributed by atoms with Crippen molar-refractivity contribution in [1.29, 1.82) is 0 Å². The second-order valence-electron chi connectivity index (χ2n) is 6.35. The van der Waals surface area contributed by atoms with Crippen LogP contribution in [0.25, 0.3) is 0 Å². The van der Waals surface area contributed by atoms with E-state index >= 15 is 0 Å². The molecular weight excluding hydrogens is 340 g/mol. The summed E-state index contributed by atoms with van der Waals surface area (Å²) in [5.41, 5.74) is 1.66. The van der Waals surface area contributed by atoms with E-state index in [0.717, 1.165) is 11.4 Å². The number of sulfonamides is 1. The smallest absolute Gasteiger partial charge is 0.247 e. The highest BCUT2D eigenvalue weighted by molar-refractivity contribution is 7.89. The number of aryl methyl sites for hydroxylation is 3. The molecule has 1 unspecified atom stereocenters. The Morgan fingerprint density at radius 1 is 1.32 bits per heavy atom. The maximum atomic E-state index is 13.5. The molecule has 8 heteroatoms. The largest absolute Gasteiger partial charge is 0.495 e. The summed E-state index contributed by atoms with van der Waals surface area (Å²) in [6, 6.07) is 3.27. The zero-order valence-corrected chi connectivity index (χ0v) is 15.8. The Morgan fingerprint density at radius 3 is 2.72 bits per heavy atom. The standard InChI is InChI=1S/C17H24N4O3S/c1-12-9-13(2)16(15(10-12)24-4)25(22,23)21-8-5-18-11-14(21)17-19-6-7-20(17)3/h6-7,9-10,14,18H,5,8,11H2,1-4H3. The molecule has 2 aromatic rings. The van der Waals surface area contributed by atoms with E-state index in [4.69, 9.17) is 4.74 Å². The van der Waals surface area contributed by atoms with E-state index in [-0.39, 0.29) is 10.9 Å². The van der Waals surface area contributed by atoms with E-state index in [2.05, 4.69) is 10.3 Å². The summed E-state index contributed by atoms with van der Waals surface area (Å²) in [5, 5.41) is 3.27. The summed E-state index contributed by atoms with van der Waals surface area (Å²) in [6.07, 6.45) is 3.51. The Kier molecular flexibility index (Phi) is 4.86. The van der Waals surface area contributed by atoms with Crippen molar-refractivity contribution in [1.82, 2.24) is 19.2 Å². The van der Waals surface area contributed by atoms with Crippen LogP contribution >= 0.6 is 0 Å². The molecule has 1 N–H and O–H groups in total. The first kappa shape index (κ1) is 17.9. The molecule has 0 spiro atoms. The first-order valence-electron chi connectivity index (χ1n) is 8.21. The lowest BCUT2D eigenvalue weighted by atomic mass is 10.1. The van der Waals surface area contributed by atoms with Crippen LogP contribution in [0.2, 0.25) is 0 Å². The van der Waals surface area contributed by atoms with Crippen molar-refractivity contribution in [2.24, 2.45) is 7.05 Å². The van der Waals surface area contributed by atoms with Gasteiger partial charge in [-0.2, -0.15) is 4.31 Å². The van der Waals surface area contributed by atoms with E-state index in [1.54, 1.807) is 19.2 Å². The number of methoxy groups -OCH3 is 1. The highest BCUT2D eigenvalue weighted by Crippen LogP contribution is 2.35. The van der Waals surface area contributed by atoms with Gasteiger partial charge in [0.25, 0.3) is 0 Å². The molecule has 0 saturated carbocycles. The summed E-state index contributed by atoms with van der Waals surface area (Å²) in [6.45, 7) is 5.24. The molecule has 25 heavy (non-hydrogen) atoms. The minimum Gasteiger partial charge on any atom is -0.495 e. The summed E-state index contributed by atoms with van der Waals surface area (Å²) in [4.78, 5) is 4.60. The summed E-state index contributed by atoms with van der Waals surface area (Å²) >= 11 is 0. The maximum absolute atomic E-state index is 13.5. The summed E-state index contributed by atoms with van der Waals surface area (Å²) in [7, 11) is -0.354. The van der Waals surface area contributed by atoms with Gasteiger partial charge < -0.3 is 14.6 Å². The zero-order chi connectivity index (χ0) is 18.2. The van der Waals surface area contributed by atoms with Crippen molar-refractivity contribution in [2.45, 2.75) is 24.8 Å². The van der Waals surface area contributed by atoms with Crippen LogP contribution in [-0.4, -0.2) is 49.0 Å². The number of hydrogen-bond acceptors (Lipinski definition) is 5. The quantitative estimate of drug-likeness (QED) is 0.887. The van der Waals surface area contributed by atoms with Gasteiger partial charge in [0.15, 0.2) is 0 Å². The maximum Gasteiger partial charge on any atom is 0.247 e. The molecule has 2 heterocycles. The summed E-state index contributed by atoms with van der Waals surface area (Å²) in [5.74, 6) is 1.11. The van der Waals surface area contributed by atoms with Gasteiger partial charge in [-0.15, -0.1) is 0 Å². The highest BCUT2D eigenvalue weighted by atomic mass is 32.2. The second-order valence-corrected chi connectivity index (χ2v) is 8.17. The molecule has 0 aliphatic carbocycles. The van der Waals surface area contributed by atoms with Crippen LogP contribution < -0.4 is 10.1 Å². The van der Waals surface area contributed by atoms with Crippen molar-refractivity contribution >= 4 is 10.0 Å². The molecular formula is C17H24N4O3S. The number of imidazole rings is 1. The molecule has 1 aliphatic heterocycles. The van der Waals surface area contributed by atoms with Crippen molar-refractivity contribution < 1.29 is 13.2 Å². The number of piperazine rings is 1. The minimum atomic E-state index is -3.73. The van der Waals surface area contributed by atoms with Gasteiger partial charge in [-0.3, -0.25) is 0 Å². The molecule has 136 valence electrons. The Morgan fingerprint density at radius 2 is 2.08 bits per heavy atom. The normalized spacial score (nSPS) is 19.1. The molecule has 3 rings (SSSR count). The highest BCUT2D eigenvalue weighted by Gasteiger charge is 2.38. The molecule has 0 radical (unpaired) electrons. The Labute approximate surface area is 148 Å². The van der Waals surface area contributed by atoms with Crippen LogP contribution in [0.1, 0.15) is 23.0 Å². The average Bonchev–Trinajstić information content (AvgIpc) is 2.99. The van der Waals surface area contributed by atoms with Crippen LogP contribution in [0.3, 0.4) is 0 Å². The van der Waals surface area contributed by atoms with Gasteiger partial charge >= 0.3 is 0 Å². The van der Waals surface area contributed by atoms with Crippen molar-refractivity contribution in [3.05, 3.63) is 41.5 Å². The first-order valence-corrected chi connectivity index (χ1v) is 9.65. The number of rotatable bonds is 4. The predicted molar refractivity (Wildman–Crippen MR) is 95.2 cm³/mol. The zero-order valence-electron chi connectivity index (χ0n) is 15.0. The molecule has 1 atom stereocenters. The Hall–Kier alpha value is -1.90. The summed E-state index contributed by atoms with van der Waals surface area (Å²) < 4.78 is 35.8. The number of ether oxygens (including phenoxy) is 1. The molecule has 7 nitrogen and oxygen atoms in total. The number of aromatic nitrogens is 2. The van der Waals surface area contributed by atoms with E-state index in [9.17, 15) is 8.42 Å². The third-order valence-corrected chi connectivity index (χ3v) is 6.62. The topological polar surface area (TPSA) is 76.5 Å². The number of hydrogen-bond donors (Lipinski definition) is 1. The minimum absolute atomic E-state index is 0.238. The van der Waals surface area contributed by atoms with E-state index < -0.39 is 10.0 Å². The lowest BCUT2D eigenvalue weighted by Gasteiger charge is -2.35. The first-order chi connectivity index (χ1) is 11.9. The molecule has 1 aliphatic rings. The molecule has 0 bridgehead atoms. The predicted octanol–water partition coefficient (Wildman–Crippen LogP) is 1.38. The van der Waals surface area contributed by atoms with Crippen molar-refractivity contribution in [3.8, 4) is 5.75 Å². The Balaban J connectivity index is 2.11. The van der Waals surface area contributed by atoms with E-state index in [0.29, 0.717) is 30.9 Å². The van der Waals surface area contributed by atoms with Crippen molar-refractivity contribution in [3.63, 3.8) is 0 Å². The van der Waals surface area contributed by atoms with Gasteiger partial charge in [-0.05, 0) is 31.0 Å². The fraction of sp³-hybridized carbons (Fsp3) is 0.471. The van der Waals surface area contributed by atoms with Gasteiger partial charge in [-0.25, -0.2) is 13.4 Å². The molecule has 1 aromatic heterocycles. The van der Waals surface area contributed by atoms with Gasteiger partial charge in [-0.1, -0.05) is 6.07 Å². The van der Waals surface area contributed by atoms with Gasteiger partial charge in [0.1, 0.15) is 16.5 Å². The third kappa shape index (κ3) is 3.17. The molecule has 0 amide bonds. The number of nitrogens with one attached hydrogen (secondary N) is 1. The van der Waals surface area contributed by atoms with E-state index in [1.165, 1.54) is 11.4 Å². The fourth-order valence-corrected chi connectivity index (χ4v) is 5.34. The van der Waals surface area contributed by atoms with Crippen LogP contribution in [-0.2, 0) is 17.1 Å². The van der Waals surface area contributed by atoms with Crippen LogP contribution in [0, 0.1) is 13.8 Å². The van der Waals surface area contributed by atoms with Gasteiger partial charge in [0.2, 0.25) is 10.0 Å². The Bertz CT molecular complexity index is 876. The molecule has 1 saturated heterocycles. The number of nitrogens with zero attached hydrogens (tertiary/aromatic N) is 3. The molecule has 1 fully saturated rings. The average molecular weight is 364 g/mol. The monoisotopic (exact) mass is 364 g/mol. The lowest BCUT2D eigenvalue weighted by molar-refractivity contribution is 0.257. The SMILES string of the molecule is COc1cc(C)cc(C)c1S(=O)(=O)N1CCNCC1c1nccn1C. The van der Waals surface area contributed by atoms with E-state index in [1.807, 2.05) is 30.8 Å².